The Morgan fingerprint density at radius 2 is 1.57 bits per heavy atom. The molecule has 244 valence electrons. The van der Waals surface area contributed by atoms with Gasteiger partial charge in [0.1, 0.15) is 0 Å². The van der Waals surface area contributed by atoms with Gasteiger partial charge in [-0.1, -0.05) is 93.0 Å². The SMILES string of the molecule is CC1(C)OB(c2c(CCCO[Si](c3ccccc3)(c3ccccc3)C(C)(C)C)c(Cl)cc3c2cnn3C2CCCCO2)OC1(C)C. The highest BCUT2D eigenvalue weighted by molar-refractivity contribution is 6.99. The molecular weight excluding hydrogens is 611 g/mol. The van der Waals surface area contributed by atoms with E-state index in [0.717, 1.165) is 60.6 Å². The average molecular weight is 659 g/mol. The Balaban J connectivity index is 1.35. The topological polar surface area (TPSA) is 54.7 Å². The van der Waals surface area contributed by atoms with Gasteiger partial charge in [0.05, 0.1) is 22.9 Å². The third-order valence-electron chi connectivity index (χ3n) is 10.2. The molecule has 4 aromatic rings. The van der Waals surface area contributed by atoms with E-state index in [9.17, 15) is 0 Å². The van der Waals surface area contributed by atoms with E-state index < -0.39 is 26.6 Å². The molecule has 46 heavy (non-hydrogen) atoms. The quantitative estimate of drug-likeness (QED) is 0.141. The van der Waals surface area contributed by atoms with Gasteiger partial charge in [-0.15, -0.1) is 0 Å². The van der Waals surface area contributed by atoms with Crippen LogP contribution < -0.4 is 15.8 Å². The molecule has 1 unspecified atom stereocenters. The van der Waals surface area contributed by atoms with Crippen LogP contribution in [0.25, 0.3) is 10.9 Å². The zero-order valence-corrected chi connectivity index (χ0v) is 30.2. The Bertz CT molecular complexity index is 1590. The third kappa shape index (κ3) is 6.02. The normalized spacial score (nSPS) is 20.0. The van der Waals surface area contributed by atoms with E-state index in [0.29, 0.717) is 11.6 Å². The fourth-order valence-corrected chi connectivity index (χ4v) is 12.0. The number of nitrogens with zero attached hydrogens (tertiary/aromatic N) is 2. The molecule has 2 saturated heterocycles. The van der Waals surface area contributed by atoms with E-state index in [-0.39, 0.29) is 11.3 Å². The van der Waals surface area contributed by atoms with Crippen molar-refractivity contribution in [2.24, 2.45) is 0 Å². The van der Waals surface area contributed by atoms with E-state index in [2.05, 4.69) is 115 Å². The molecule has 2 aliphatic heterocycles. The van der Waals surface area contributed by atoms with E-state index in [1.165, 1.54) is 10.4 Å². The summed E-state index contributed by atoms with van der Waals surface area (Å²) in [7, 11) is -3.21. The van der Waals surface area contributed by atoms with Crippen LogP contribution in [0.1, 0.15) is 85.9 Å². The van der Waals surface area contributed by atoms with Gasteiger partial charge < -0.3 is 18.5 Å². The Morgan fingerprint density at radius 1 is 0.957 bits per heavy atom. The van der Waals surface area contributed by atoms with Crippen molar-refractivity contribution in [3.05, 3.63) is 83.5 Å². The van der Waals surface area contributed by atoms with Crippen LogP contribution in [-0.4, -0.2) is 49.6 Å². The Kier molecular flexibility index (Phi) is 9.35. The highest BCUT2D eigenvalue weighted by atomic mass is 35.5. The highest BCUT2D eigenvalue weighted by Crippen LogP contribution is 2.40. The van der Waals surface area contributed by atoms with Crippen LogP contribution in [0.5, 0.6) is 0 Å². The molecule has 0 bridgehead atoms. The summed E-state index contributed by atoms with van der Waals surface area (Å²) >= 11 is 7.20. The molecule has 1 atom stereocenters. The standard InChI is InChI=1S/C37H48BClN2O4Si/c1-35(2,3)46(27-17-10-8-11-18-27,28-19-12-9-13-20-28)43-24-16-21-29-31(39)25-32-30(26-40-41(32)33-22-14-15-23-42-33)34(29)38-44-36(4,5)37(6,7)45-38/h8-13,17-20,25-26,33H,14-16,21-24H2,1-7H3. The summed E-state index contributed by atoms with van der Waals surface area (Å²) in [5.74, 6) is 0. The number of rotatable bonds is 9. The Morgan fingerprint density at radius 3 is 2.11 bits per heavy atom. The molecule has 0 radical (unpaired) electrons. The van der Waals surface area contributed by atoms with Gasteiger partial charge in [-0.25, -0.2) is 4.68 Å². The van der Waals surface area contributed by atoms with Crippen LogP contribution in [0.15, 0.2) is 72.9 Å². The predicted molar refractivity (Wildman–Crippen MR) is 191 cm³/mol. The lowest BCUT2D eigenvalue weighted by atomic mass is 9.73. The van der Waals surface area contributed by atoms with Gasteiger partial charge in [0.15, 0.2) is 6.23 Å². The minimum atomic E-state index is -2.65. The number of aromatic nitrogens is 2. The first-order chi connectivity index (χ1) is 21.9. The minimum Gasteiger partial charge on any atom is -0.407 e. The number of benzene rings is 3. The molecule has 2 fully saturated rings. The number of hydrogen-bond acceptors (Lipinski definition) is 5. The molecule has 3 aromatic carbocycles. The second-order valence-corrected chi connectivity index (χ2v) is 19.5. The first kappa shape index (κ1) is 33.4. The van der Waals surface area contributed by atoms with Crippen molar-refractivity contribution in [2.75, 3.05) is 13.2 Å². The molecule has 0 spiro atoms. The van der Waals surface area contributed by atoms with E-state index in [4.69, 9.17) is 35.2 Å². The molecular formula is C37H48BClN2O4Si. The lowest BCUT2D eigenvalue weighted by Crippen LogP contribution is -2.66. The lowest BCUT2D eigenvalue weighted by Gasteiger charge is -2.43. The fraction of sp³-hybridized carbons (Fsp3) is 0.486. The number of ether oxygens (including phenoxy) is 1. The molecule has 0 N–H and O–H groups in total. The van der Waals surface area contributed by atoms with Crippen molar-refractivity contribution in [3.63, 3.8) is 0 Å². The summed E-state index contributed by atoms with van der Waals surface area (Å²) in [5.41, 5.74) is 1.97. The predicted octanol–water partition coefficient (Wildman–Crippen LogP) is 7.20. The molecule has 3 heterocycles. The monoisotopic (exact) mass is 658 g/mol. The maximum Gasteiger partial charge on any atom is 0.495 e. The van der Waals surface area contributed by atoms with Crippen molar-refractivity contribution in [3.8, 4) is 0 Å². The van der Waals surface area contributed by atoms with Gasteiger partial charge in [-0.05, 0) is 92.3 Å². The zero-order chi connectivity index (χ0) is 32.7. The smallest absolute Gasteiger partial charge is 0.407 e. The van der Waals surface area contributed by atoms with Gasteiger partial charge in [-0.2, -0.15) is 5.10 Å². The third-order valence-corrected chi connectivity index (χ3v) is 15.6. The van der Waals surface area contributed by atoms with Gasteiger partial charge >= 0.3 is 7.12 Å². The van der Waals surface area contributed by atoms with Crippen LogP contribution in [-0.2, 0) is 24.9 Å². The maximum atomic E-state index is 7.23. The number of hydrogen-bond donors (Lipinski definition) is 0. The van der Waals surface area contributed by atoms with Crippen molar-refractivity contribution >= 4 is 53.8 Å². The van der Waals surface area contributed by atoms with E-state index in [1.807, 2.05) is 10.9 Å². The fourth-order valence-electron chi connectivity index (χ4n) is 7.09. The zero-order valence-electron chi connectivity index (χ0n) is 28.4. The first-order valence-corrected chi connectivity index (χ1v) is 19.0. The lowest BCUT2D eigenvalue weighted by molar-refractivity contribution is -0.0366. The van der Waals surface area contributed by atoms with Gasteiger partial charge in [0.2, 0.25) is 0 Å². The van der Waals surface area contributed by atoms with Crippen molar-refractivity contribution < 1.29 is 18.5 Å². The second kappa shape index (κ2) is 12.9. The summed E-state index contributed by atoms with van der Waals surface area (Å²) in [6.45, 7) is 16.6. The second-order valence-electron chi connectivity index (χ2n) is 14.8. The van der Waals surface area contributed by atoms with Gasteiger partial charge in [0, 0.05) is 23.6 Å². The summed E-state index contributed by atoms with van der Waals surface area (Å²) in [4.78, 5) is 0. The molecule has 6 nitrogen and oxygen atoms in total. The van der Waals surface area contributed by atoms with Crippen molar-refractivity contribution in [1.29, 1.82) is 0 Å². The summed E-state index contributed by atoms with van der Waals surface area (Å²) in [6.07, 6.45) is 6.48. The summed E-state index contributed by atoms with van der Waals surface area (Å²) in [6, 6.07) is 23.6. The van der Waals surface area contributed by atoms with Crippen molar-refractivity contribution in [1.82, 2.24) is 9.78 Å². The number of fused-ring (bicyclic) bond motifs is 1. The van der Waals surface area contributed by atoms with Gasteiger partial charge in [0.25, 0.3) is 8.32 Å². The van der Waals surface area contributed by atoms with Gasteiger partial charge in [-0.3, -0.25) is 0 Å². The molecule has 0 amide bonds. The van der Waals surface area contributed by atoms with Crippen LogP contribution in [0.2, 0.25) is 10.1 Å². The van der Waals surface area contributed by atoms with Crippen LogP contribution >= 0.6 is 11.6 Å². The molecule has 2 aliphatic rings. The van der Waals surface area contributed by atoms with E-state index in [1.54, 1.807) is 0 Å². The van der Waals surface area contributed by atoms with Crippen LogP contribution in [0, 0.1) is 0 Å². The highest BCUT2D eigenvalue weighted by Gasteiger charge is 2.53. The molecule has 1 aromatic heterocycles. The van der Waals surface area contributed by atoms with E-state index >= 15 is 0 Å². The van der Waals surface area contributed by atoms with Crippen LogP contribution in [0.4, 0.5) is 0 Å². The number of halogens is 1. The minimum absolute atomic E-state index is 0.0874. The average Bonchev–Trinajstić information content (AvgIpc) is 3.53. The Labute approximate surface area is 281 Å². The first-order valence-electron chi connectivity index (χ1n) is 16.8. The largest absolute Gasteiger partial charge is 0.495 e. The maximum absolute atomic E-state index is 7.23. The molecule has 0 aliphatic carbocycles. The van der Waals surface area contributed by atoms with Crippen LogP contribution in [0.3, 0.4) is 0 Å². The summed E-state index contributed by atoms with van der Waals surface area (Å²) < 4.78 is 28.7. The van der Waals surface area contributed by atoms with Crippen molar-refractivity contribution in [2.45, 2.75) is 103 Å². The Hall–Kier alpha value is -2.46. The molecule has 6 rings (SSSR count). The molecule has 9 heteroatoms. The molecule has 0 saturated carbocycles. The summed E-state index contributed by atoms with van der Waals surface area (Å²) in [5, 5.41) is 9.00.